The number of carbonyl (C=O) groups excluding carboxylic acids is 1. The fraction of sp³-hybridized carbons (Fsp3) is 0.200. The molecule has 1 amide bonds. The van der Waals surface area contributed by atoms with Crippen molar-refractivity contribution < 1.29 is 14.7 Å². The van der Waals surface area contributed by atoms with E-state index in [-0.39, 0.29) is 12.3 Å². The summed E-state index contributed by atoms with van der Waals surface area (Å²) in [5.74, 6) is -1.35. The van der Waals surface area contributed by atoms with Crippen LogP contribution in [0.5, 0.6) is 0 Å². The van der Waals surface area contributed by atoms with Crippen LogP contribution in [0.4, 0.5) is 0 Å². The maximum absolute atomic E-state index is 11.6. The van der Waals surface area contributed by atoms with Crippen LogP contribution in [0.3, 0.4) is 0 Å². The number of benzene rings is 1. The lowest BCUT2D eigenvalue weighted by molar-refractivity contribution is -0.138. The van der Waals surface area contributed by atoms with E-state index in [2.05, 4.69) is 15.5 Å². The van der Waals surface area contributed by atoms with Gasteiger partial charge in [-0.15, -0.1) is 16.4 Å². The Morgan fingerprint density at radius 3 is 2.96 bits per heavy atom. The summed E-state index contributed by atoms with van der Waals surface area (Å²) >= 11 is 2.73. The molecule has 0 saturated carbocycles. The third kappa shape index (κ3) is 3.43. The van der Waals surface area contributed by atoms with Crippen LogP contribution >= 0.6 is 23.1 Å². The van der Waals surface area contributed by atoms with Crippen molar-refractivity contribution in [3.8, 4) is 0 Å². The van der Waals surface area contributed by atoms with Crippen LogP contribution in [0, 0.1) is 0 Å². The van der Waals surface area contributed by atoms with Crippen molar-refractivity contribution >= 4 is 55.9 Å². The standard InChI is InChI=1S/C15H13N3O3S2/c1-8(10-7-22-11-5-3-2-4-9(10)11)17-18-15-16-14(21)12(23-15)6-13(19)20/h2-5,7,12H,6H2,1H3,(H,19,20)(H,16,18,21)/b17-8+. The maximum Gasteiger partial charge on any atom is 0.305 e. The van der Waals surface area contributed by atoms with Crippen LogP contribution in [0.15, 0.2) is 39.8 Å². The summed E-state index contributed by atoms with van der Waals surface area (Å²) < 4.78 is 1.18. The number of carboxylic acids is 1. The Morgan fingerprint density at radius 2 is 2.17 bits per heavy atom. The Labute approximate surface area is 140 Å². The third-order valence-corrected chi connectivity index (χ3v) is 5.33. The molecule has 2 heterocycles. The van der Waals surface area contributed by atoms with Gasteiger partial charge < -0.3 is 10.4 Å². The number of aliphatic carboxylic acids is 1. The van der Waals surface area contributed by atoms with Crippen LogP contribution in [0.1, 0.15) is 18.9 Å². The van der Waals surface area contributed by atoms with E-state index in [9.17, 15) is 9.59 Å². The average molecular weight is 347 g/mol. The molecule has 2 aromatic rings. The minimum atomic E-state index is -1.01. The summed E-state index contributed by atoms with van der Waals surface area (Å²) in [6.07, 6.45) is -0.229. The molecule has 1 fully saturated rings. The summed E-state index contributed by atoms with van der Waals surface area (Å²) in [5, 5.41) is 22.4. The second-order valence-electron chi connectivity index (χ2n) is 4.93. The molecule has 0 bridgehead atoms. The van der Waals surface area contributed by atoms with Gasteiger partial charge in [0.1, 0.15) is 5.25 Å². The second-order valence-corrected chi connectivity index (χ2v) is 7.03. The van der Waals surface area contributed by atoms with E-state index in [0.29, 0.717) is 5.17 Å². The highest BCUT2D eigenvalue weighted by Gasteiger charge is 2.32. The molecule has 1 aliphatic heterocycles. The highest BCUT2D eigenvalue weighted by atomic mass is 32.2. The van der Waals surface area contributed by atoms with Gasteiger partial charge in [-0.1, -0.05) is 30.0 Å². The topological polar surface area (TPSA) is 91.1 Å². The highest BCUT2D eigenvalue weighted by Crippen LogP contribution is 2.26. The van der Waals surface area contributed by atoms with Crippen molar-refractivity contribution in [2.24, 2.45) is 10.2 Å². The normalized spacial score (nSPS) is 20.2. The Kier molecular flexibility index (Phi) is 4.44. The predicted octanol–water partition coefficient (Wildman–Crippen LogP) is 2.69. The number of hydrogen-bond acceptors (Lipinski definition) is 6. The lowest BCUT2D eigenvalue weighted by Gasteiger charge is -1.98. The number of thioether (sulfide) groups is 1. The number of rotatable bonds is 4. The molecular weight excluding hydrogens is 334 g/mol. The van der Waals surface area contributed by atoms with Crippen molar-refractivity contribution in [3.63, 3.8) is 0 Å². The summed E-state index contributed by atoms with van der Waals surface area (Å²) in [4.78, 5) is 22.3. The zero-order chi connectivity index (χ0) is 16.4. The van der Waals surface area contributed by atoms with Gasteiger partial charge in [0.15, 0.2) is 5.17 Å². The van der Waals surface area contributed by atoms with E-state index < -0.39 is 11.2 Å². The number of nitrogens with one attached hydrogen (secondary N) is 1. The van der Waals surface area contributed by atoms with Gasteiger partial charge >= 0.3 is 5.97 Å². The maximum atomic E-state index is 11.6. The number of carboxylic acid groups (broad SMARTS) is 1. The minimum Gasteiger partial charge on any atom is -0.481 e. The average Bonchev–Trinajstić information content (AvgIpc) is 3.08. The van der Waals surface area contributed by atoms with Gasteiger partial charge in [-0.05, 0) is 13.0 Å². The molecule has 118 valence electrons. The molecule has 6 nitrogen and oxygen atoms in total. The first kappa shape index (κ1) is 15.7. The van der Waals surface area contributed by atoms with E-state index in [0.717, 1.165) is 28.4 Å². The summed E-state index contributed by atoms with van der Waals surface area (Å²) in [5.41, 5.74) is 1.75. The monoisotopic (exact) mass is 347 g/mol. The van der Waals surface area contributed by atoms with E-state index in [1.165, 1.54) is 4.70 Å². The van der Waals surface area contributed by atoms with Crippen LogP contribution in [0.2, 0.25) is 0 Å². The number of fused-ring (bicyclic) bond motifs is 1. The van der Waals surface area contributed by atoms with Gasteiger partial charge in [0.2, 0.25) is 5.91 Å². The number of amides is 1. The van der Waals surface area contributed by atoms with Crippen molar-refractivity contribution in [2.75, 3.05) is 0 Å². The molecule has 1 saturated heterocycles. The van der Waals surface area contributed by atoms with E-state index in [1.807, 2.05) is 36.6 Å². The zero-order valence-corrected chi connectivity index (χ0v) is 13.8. The van der Waals surface area contributed by atoms with Crippen LogP contribution < -0.4 is 5.32 Å². The molecule has 1 aromatic carbocycles. The molecule has 23 heavy (non-hydrogen) atoms. The van der Waals surface area contributed by atoms with E-state index in [1.54, 1.807) is 11.3 Å². The second kappa shape index (κ2) is 6.51. The van der Waals surface area contributed by atoms with Crippen LogP contribution in [-0.4, -0.2) is 33.1 Å². The molecular formula is C15H13N3O3S2. The molecule has 1 aliphatic rings. The van der Waals surface area contributed by atoms with Crippen molar-refractivity contribution in [2.45, 2.75) is 18.6 Å². The Balaban J connectivity index is 1.79. The van der Waals surface area contributed by atoms with E-state index in [4.69, 9.17) is 5.11 Å². The first-order valence-electron chi connectivity index (χ1n) is 6.83. The smallest absolute Gasteiger partial charge is 0.305 e. The minimum absolute atomic E-state index is 0.229. The third-order valence-electron chi connectivity index (χ3n) is 3.30. The molecule has 0 spiro atoms. The van der Waals surface area contributed by atoms with Crippen molar-refractivity contribution in [1.82, 2.24) is 5.32 Å². The van der Waals surface area contributed by atoms with Crippen molar-refractivity contribution in [1.29, 1.82) is 0 Å². The number of thiophene rings is 1. The molecule has 0 radical (unpaired) electrons. The van der Waals surface area contributed by atoms with Gasteiger partial charge in [0, 0.05) is 21.0 Å². The quantitative estimate of drug-likeness (QED) is 0.657. The number of nitrogens with zero attached hydrogens (tertiary/aromatic N) is 2. The van der Waals surface area contributed by atoms with Gasteiger partial charge in [0.25, 0.3) is 0 Å². The predicted molar refractivity (Wildman–Crippen MR) is 93.2 cm³/mol. The molecule has 2 N–H and O–H groups in total. The highest BCUT2D eigenvalue weighted by molar-refractivity contribution is 8.15. The molecule has 1 aromatic heterocycles. The number of amidine groups is 1. The SMILES string of the molecule is C/C(=N\N=C1/NC(=O)C(CC(=O)O)S1)c1csc2ccccc12. The van der Waals surface area contributed by atoms with E-state index >= 15 is 0 Å². The van der Waals surface area contributed by atoms with Gasteiger partial charge in [-0.2, -0.15) is 5.10 Å². The Bertz CT molecular complexity index is 841. The van der Waals surface area contributed by atoms with Crippen LogP contribution in [0.25, 0.3) is 10.1 Å². The summed E-state index contributed by atoms with van der Waals surface area (Å²) in [6.45, 7) is 1.86. The largest absolute Gasteiger partial charge is 0.481 e. The number of carbonyl (C=O) groups is 2. The molecule has 3 rings (SSSR count). The van der Waals surface area contributed by atoms with Gasteiger partial charge in [-0.3, -0.25) is 9.59 Å². The lowest BCUT2D eigenvalue weighted by Crippen LogP contribution is -2.26. The number of hydrogen-bond donors (Lipinski definition) is 2. The van der Waals surface area contributed by atoms with Gasteiger partial charge in [0.05, 0.1) is 12.1 Å². The fourth-order valence-electron chi connectivity index (χ4n) is 2.18. The first-order valence-corrected chi connectivity index (χ1v) is 8.58. The molecule has 1 unspecified atom stereocenters. The Morgan fingerprint density at radius 1 is 1.39 bits per heavy atom. The summed E-state index contributed by atoms with van der Waals surface area (Å²) in [7, 11) is 0. The molecule has 8 heteroatoms. The van der Waals surface area contributed by atoms with Crippen molar-refractivity contribution in [3.05, 3.63) is 35.2 Å². The summed E-state index contributed by atoms with van der Waals surface area (Å²) in [6, 6.07) is 8.04. The molecule has 1 atom stereocenters. The van der Waals surface area contributed by atoms with Gasteiger partial charge in [-0.25, -0.2) is 0 Å². The van der Waals surface area contributed by atoms with Crippen LogP contribution in [-0.2, 0) is 9.59 Å². The first-order chi connectivity index (χ1) is 11.0. The fourth-order valence-corrected chi connectivity index (χ4v) is 4.09. The Hall–Kier alpha value is -2.19. The lowest BCUT2D eigenvalue weighted by atomic mass is 10.1. The molecule has 0 aliphatic carbocycles. The zero-order valence-electron chi connectivity index (χ0n) is 12.1.